The Morgan fingerprint density at radius 2 is 2.03 bits per heavy atom. The number of methoxy groups -OCH3 is 1. The topological polar surface area (TPSA) is 79.4 Å². The lowest BCUT2D eigenvalue weighted by atomic mass is 10.0. The van der Waals surface area contributed by atoms with E-state index in [1.165, 1.54) is 4.57 Å². The number of para-hydroxylation sites is 1. The van der Waals surface area contributed by atoms with E-state index in [1.54, 1.807) is 31.4 Å². The van der Waals surface area contributed by atoms with Crippen LogP contribution in [-0.4, -0.2) is 47.1 Å². The molecule has 2 aromatic carbocycles. The maximum Gasteiger partial charge on any atom is 0.262 e. The SMILES string of the molecule is C=CCn1c(=S)[nH]c2cc(C(=O)NCC(c3ccccc3OC)N3CCCC3)ccc2c1=O. The molecule has 1 atom stereocenters. The molecule has 0 aliphatic carbocycles. The quantitative estimate of drug-likeness (QED) is 0.391. The van der Waals surface area contributed by atoms with E-state index >= 15 is 0 Å². The Bertz CT molecular complexity index is 1290. The van der Waals surface area contributed by atoms with Crippen LogP contribution in [0.15, 0.2) is 59.9 Å². The first-order valence-electron chi connectivity index (χ1n) is 11.1. The zero-order chi connectivity index (χ0) is 23.4. The van der Waals surface area contributed by atoms with Crippen molar-refractivity contribution in [3.05, 3.63) is 81.4 Å². The number of aromatic amines is 1. The number of nitrogens with one attached hydrogen (secondary N) is 2. The molecule has 1 aliphatic rings. The van der Waals surface area contributed by atoms with E-state index in [0.717, 1.165) is 37.2 Å². The Labute approximate surface area is 197 Å². The molecule has 3 aromatic rings. The van der Waals surface area contributed by atoms with E-state index in [-0.39, 0.29) is 17.5 Å². The number of carbonyl (C=O) groups is 1. The van der Waals surface area contributed by atoms with Crippen LogP contribution in [-0.2, 0) is 6.54 Å². The van der Waals surface area contributed by atoms with Crippen LogP contribution >= 0.6 is 12.2 Å². The van der Waals surface area contributed by atoms with Gasteiger partial charge in [-0.05, 0) is 62.4 Å². The Morgan fingerprint density at radius 3 is 2.76 bits per heavy atom. The smallest absolute Gasteiger partial charge is 0.262 e. The van der Waals surface area contributed by atoms with Crippen LogP contribution in [0, 0.1) is 4.77 Å². The average Bonchev–Trinajstić information content (AvgIpc) is 3.36. The molecule has 1 aromatic heterocycles. The van der Waals surface area contributed by atoms with Gasteiger partial charge in [-0.3, -0.25) is 19.1 Å². The van der Waals surface area contributed by atoms with Crippen molar-refractivity contribution in [2.75, 3.05) is 26.7 Å². The van der Waals surface area contributed by atoms with Gasteiger partial charge < -0.3 is 15.0 Å². The molecule has 7 nitrogen and oxygen atoms in total. The number of carbonyl (C=O) groups excluding carboxylic acids is 1. The molecule has 1 fully saturated rings. The third kappa shape index (κ3) is 4.77. The van der Waals surface area contributed by atoms with E-state index in [9.17, 15) is 9.59 Å². The summed E-state index contributed by atoms with van der Waals surface area (Å²) >= 11 is 5.31. The molecule has 4 rings (SSSR count). The van der Waals surface area contributed by atoms with Crippen molar-refractivity contribution in [1.82, 2.24) is 19.8 Å². The number of aromatic nitrogens is 2. The second-order valence-electron chi connectivity index (χ2n) is 8.11. The van der Waals surface area contributed by atoms with Crippen molar-refractivity contribution in [3.63, 3.8) is 0 Å². The van der Waals surface area contributed by atoms with Crippen molar-refractivity contribution in [1.29, 1.82) is 0 Å². The summed E-state index contributed by atoms with van der Waals surface area (Å²) in [5.41, 5.74) is 1.87. The fraction of sp³-hybridized carbons (Fsp3) is 0.320. The lowest BCUT2D eigenvalue weighted by molar-refractivity contribution is 0.0937. The molecule has 1 unspecified atom stereocenters. The van der Waals surface area contributed by atoms with Crippen molar-refractivity contribution in [2.24, 2.45) is 0 Å². The van der Waals surface area contributed by atoms with Gasteiger partial charge in [0.05, 0.1) is 24.1 Å². The van der Waals surface area contributed by atoms with Crippen LogP contribution < -0.4 is 15.6 Å². The number of likely N-dealkylation sites (tertiary alicyclic amines) is 1. The molecule has 0 bridgehead atoms. The van der Waals surface area contributed by atoms with Gasteiger partial charge in [-0.2, -0.15) is 0 Å². The summed E-state index contributed by atoms with van der Waals surface area (Å²) in [5.74, 6) is 0.614. The number of allylic oxidation sites excluding steroid dienone is 1. The van der Waals surface area contributed by atoms with E-state index in [0.29, 0.717) is 34.3 Å². The molecular formula is C25H28N4O3S. The predicted octanol–water partition coefficient (Wildman–Crippen LogP) is 3.82. The van der Waals surface area contributed by atoms with Crippen LogP contribution in [0.3, 0.4) is 0 Å². The number of fused-ring (bicyclic) bond motifs is 1. The summed E-state index contributed by atoms with van der Waals surface area (Å²) in [6, 6.07) is 13.0. The third-order valence-electron chi connectivity index (χ3n) is 6.09. The van der Waals surface area contributed by atoms with Crippen LogP contribution in [0.2, 0.25) is 0 Å². The Kier molecular flexibility index (Phi) is 7.05. The summed E-state index contributed by atoms with van der Waals surface area (Å²) in [6.45, 7) is 6.42. The largest absolute Gasteiger partial charge is 0.496 e. The van der Waals surface area contributed by atoms with Gasteiger partial charge in [0, 0.05) is 24.2 Å². The molecule has 1 aliphatic heterocycles. The van der Waals surface area contributed by atoms with Gasteiger partial charge in [0.1, 0.15) is 5.75 Å². The zero-order valence-electron chi connectivity index (χ0n) is 18.7. The number of hydrogen-bond acceptors (Lipinski definition) is 5. The first-order chi connectivity index (χ1) is 16.0. The lowest BCUT2D eigenvalue weighted by Gasteiger charge is -2.29. The highest BCUT2D eigenvalue weighted by atomic mass is 32.1. The van der Waals surface area contributed by atoms with Gasteiger partial charge in [0.15, 0.2) is 4.77 Å². The van der Waals surface area contributed by atoms with Crippen LogP contribution in [0.1, 0.15) is 34.8 Å². The maximum atomic E-state index is 13.0. The molecular weight excluding hydrogens is 436 g/mol. The number of hydrogen-bond donors (Lipinski definition) is 2. The van der Waals surface area contributed by atoms with Crippen molar-refractivity contribution in [2.45, 2.75) is 25.4 Å². The number of rotatable bonds is 8. The minimum Gasteiger partial charge on any atom is -0.496 e. The highest BCUT2D eigenvalue weighted by Gasteiger charge is 2.26. The summed E-state index contributed by atoms with van der Waals surface area (Å²) in [4.78, 5) is 31.2. The van der Waals surface area contributed by atoms with Gasteiger partial charge in [-0.15, -0.1) is 6.58 Å². The Hall–Kier alpha value is -3.23. The Morgan fingerprint density at radius 1 is 1.27 bits per heavy atom. The summed E-state index contributed by atoms with van der Waals surface area (Å²) in [6.07, 6.45) is 3.91. The Balaban J connectivity index is 1.58. The maximum absolute atomic E-state index is 13.0. The van der Waals surface area contributed by atoms with E-state index in [1.807, 2.05) is 18.2 Å². The monoisotopic (exact) mass is 464 g/mol. The van der Waals surface area contributed by atoms with Gasteiger partial charge in [-0.1, -0.05) is 24.3 Å². The molecule has 0 radical (unpaired) electrons. The van der Waals surface area contributed by atoms with E-state index in [2.05, 4.69) is 27.8 Å². The number of amides is 1. The highest BCUT2D eigenvalue weighted by Crippen LogP contribution is 2.31. The zero-order valence-corrected chi connectivity index (χ0v) is 19.5. The summed E-state index contributed by atoms with van der Waals surface area (Å²) in [5, 5.41) is 3.56. The van der Waals surface area contributed by atoms with E-state index in [4.69, 9.17) is 17.0 Å². The fourth-order valence-corrected chi connectivity index (χ4v) is 4.68. The minimum atomic E-state index is -0.203. The van der Waals surface area contributed by atoms with Gasteiger partial charge in [0.25, 0.3) is 11.5 Å². The molecule has 2 heterocycles. The highest BCUT2D eigenvalue weighted by molar-refractivity contribution is 7.71. The second kappa shape index (κ2) is 10.1. The molecule has 1 amide bonds. The second-order valence-corrected chi connectivity index (χ2v) is 8.49. The van der Waals surface area contributed by atoms with Crippen molar-refractivity contribution < 1.29 is 9.53 Å². The summed E-state index contributed by atoms with van der Waals surface area (Å²) in [7, 11) is 1.67. The first-order valence-corrected chi connectivity index (χ1v) is 11.5. The van der Waals surface area contributed by atoms with Crippen molar-refractivity contribution in [3.8, 4) is 5.75 Å². The standard InChI is InChI=1S/C25H28N4O3S/c1-3-12-29-24(31)18-11-10-17(15-20(18)27-25(29)33)23(30)26-16-21(28-13-6-7-14-28)19-8-4-5-9-22(19)32-2/h3-5,8-11,15,21H,1,6-7,12-14,16H2,2H3,(H,26,30)(H,27,33). The molecule has 1 saturated heterocycles. The lowest BCUT2D eigenvalue weighted by Crippen LogP contribution is -2.37. The molecule has 2 N–H and O–H groups in total. The van der Waals surface area contributed by atoms with E-state index < -0.39 is 0 Å². The van der Waals surface area contributed by atoms with Crippen LogP contribution in [0.5, 0.6) is 5.75 Å². The van der Waals surface area contributed by atoms with Crippen LogP contribution in [0.4, 0.5) is 0 Å². The van der Waals surface area contributed by atoms with Gasteiger partial charge >= 0.3 is 0 Å². The van der Waals surface area contributed by atoms with Gasteiger partial charge in [-0.25, -0.2) is 0 Å². The number of H-pyrrole nitrogens is 1. The third-order valence-corrected chi connectivity index (χ3v) is 6.41. The average molecular weight is 465 g/mol. The molecule has 172 valence electrons. The number of nitrogens with zero attached hydrogens (tertiary/aromatic N) is 2. The van der Waals surface area contributed by atoms with Crippen molar-refractivity contribution >= 4 is 29.0 Å². The molecule has 33 heavy (non-hydrogen) atoms. The number of benzene rings is 2. The molecule has 0 spiro atoms. The fourth-order valence-electron chi connectivity index (χ4n) is 4.41. The minimum absolute atomic E-state index is 0.0185. The first kappa shape index (κ1) is 22.9. The molecule has 8 heteroatoms. The predicted molar refractivity (Wildman–Crippen MR) is 132 cm³/mol. The number of ether oxygens (including phenoxy) is 1. The molecule has 0 saturated carbocycles. The van der Waals surface area contributed by atoms with Crippen LogP contribution in [0.25, 0.3) is 10.9 Å². The summed E-state index contributed by atoms with van der Waals surface area (Å²) < 4.78 is 7.33. The van der Waals surface area contributed by atoms with Gasteiger partial charge in [0.2, 0.25) is 0 Å². The normalized spacial score (nSPS) is 14.8.